The Labute approximate surface area is 171 Å². The van der Waals surface area contributed by atoms with Crippen LogP contribution in [0.1, 0.15) is 10.4 Å². The van der Waals surface area contributed by atoms with Crippen LogP contribution in [0.2, 0.25) is 0 Å². The van der Waals surface area contributed by atoms with Gasteiger partial charge >= 0.3 is 11.1 Å². The highest BCUT2D eigenvalue weighted by Crippen LogP contribution is 2.27. The van der Waals surface area contributed by atoms with Crippen LogP contribution in [0.4, 0.5) is 11.6 Å². The Hall–Kier alpha value is -3.88. The number of ether oxygens (including phenoxy) is 2. The number of carbonyl (C=O) groups excluding carboxylic acids is 1. The zero-order chi connectivity index (χ0) is 21.3. The fourth-order valence-corrected chi connectivity index (χ4v) is 3.34. The molecule has 0 unspecified atom stereocenters. The second kappa shape index (κ2) is 7.86. The number of anilines is 2. The summed E-state index contributed by atoms with van der Waals surface area (Å²) in [4.78, 5) is 39.5. The Morgan fingerprint density at radius 1 is 0.900 bits per heavy atom. The Kier molecular flexibility index (Phi) is 5.09. The number of methoxy groups -OCH3 is 2. The van der Waals surface area contributed by atoms with Crippen molar-refractivity contribution >= 4 is 17.4 Å². The Morgan fingerprint density at radius 2 is 1.50 bits per heavy atom. The zero-order valence-electron chi connectivity index (χ0n) is 16.6. The van der Waals surface area contributed by atoms with E-state index in [-0.39, 0.29) is 12.3 Å². The molecule has 2 heterocycles. The summed E-state index contributed by atoms with van der Waals surface area (Å²) < 4.78 is 12.5. The molecule has 1 aromatic heterocycles. The van der Waals surface area contributed by atoms with Crippen molar-refractivity contribution in [1.82, 2.24) is 14.3 Å². The van der Waals surface area contributed by atoms with Gasteiger partial charge in [-0.15, -0.1) is 5.10 Å². The number of hydrogen-bond acceptors (Lipinski definition) is 7. The van der Waals surface area contributed by atoms with Gasteiger partial charge in [0.15, 0.2) is 5.78 Å². The topological polar surface area (TPSA) is 95.7 Å². The predicted molar refractivity (Wildman–Crippen MR) is 110 cm³/mol. The van der Waals surface area contributed by atoms with Crippen LogP contribution in [-0.4, -0.2) is 40.9 Å². The number of nitrogens with zero attached hydrogens (tertiary/aromatic N) is 4. The van der Waals surface area contributed by atoms with Crippen LogP contribution in [0.5, 0.6) is 11.5 Å². The maximum atomic E-state index is 12.6. The Balaban J connectivity index is 1.67. The highest BCUT2D eigenvalue weighted by atomic mass is 16.5. The van der Waals surface area contributed by atoms with Gasteiger partial charge < -0.3 is 14.4 Å². The number of Topliss-reactive ketones (excluding diaryl/α,β-unsaturated/α-hetero) is 1. The minimum atomic E-state index is -0.822. The van der Waals surface area contributed by atoms with Crippen LogP contribution in [-0.2, 0) is 13.1 Å². The lowest BCUT2D eigenvalue weighted by Crippen LogP contribution is -2.43. The molecule has 0 spiro atoms. The molecule has 0 fully saturated rings. The molecule has 0 atom stereocenters. The van der Waals surface area contributed by atoms with Crippen molar-refractivity contribution in [2.45, 2.75) is 13.1 Å². The summed E-state index contributed by atoms with van der Waals surface area (Å²) >= 11 is 0. The molecule has 0 bridgehead atoms. The largest absolute Gasteiger partial charge is 0.497 e. The lowest BCUT2D eigenvalue weighted by atomic mass is 10.1. The monoisotopic (exact) mass is 408 g/mol. The molecule has 9 heteroatoms. The van der Waals surface area contributed by atoms with Crippen molar-refractivity contribution in [2.24, 2.45) is 0 Å². The van der Waals surface area contributed by atoms with E-state index < -0.39 is 11.1 Å². The van der Waals surface area contributed by atoms with E-state index in [2.05, 4.69) is 5.10 Å². The molecule has 4 rings (SSSR count). The number of ketones is 1. The Morgan fingerprint density at radius 3 is 2.10 bits per heavy atom. The van der Waals surface area contributed by atoms with Gasteiger partial charge in [-0.1, -0.05) is 0 Å². The second-order valence-electron chi connectivity index (χ2n) is 6.72. The molecule has 154 valence electrons. The minimum Gasteiger partial charge on any atom is -0.497 e. The van der Waals surface area contributed by atoms with Crippen molar-refractivity contribution in [3.8, 4) is 11.5 Å². The molecular formula is C21H20N4O5. The Bertz CT molecular complexity index is 1200. The molecule has 0 saturated carbocycles. The third kappa shape index (κ3) is 3.45. The van der Waals surface area contributed by atoms with Crippen LogP contribution in [0.25, 0.3) is 0 Å². The zero-order valence-corrected chi connectivity index (χ0v) is 16.6. The van der Waals surface area contributed by atoms with E-state index in [1.54, 1.807) is 43.5 Å². The van der Waals surface area contributed by atoms with Crippen LogP contribution in [0.3, 0.4) is 0 Å². The summed E-state index contributed by atoms with van der Waals surface area (Å²) in [6.45, 7) is 0.505. The fraction of sp³-hybridized carbons (Fsp3) is 0.238. The number of aromatic nitrogens is 3. The van der Waals surface area contributed by atoms with Gasteiger partial charge in [0.1, 0.15) is 18.0 Å². The van der Waals surface area contributed by atoms with Gasteiger partial charge in [-0.25, -0.2) is 4.68 Å². The molecule has 2 aromatic carbocycles. The molecule has 1 aliphatic rings. The van der Waals surface area contributed by atoms with Crippen molar-refractivity contribution in [3.05, 3.63) is 74.8 Å². The van der Waals surface area contributed by atoms with Gasteiger partial charge in [-0.3, -0.25) is 19.0 Å². The number of rotatable bonds is 6. The van der Waals surface area contributed by atoms with Gasteiger partial charge in [-0.2, -0.15) is 0 Å². The van der Waals surface area contributed by atoms with Crippen LogP contribution in [0, 0.1) is 0 Å². The highest BCUT2D eigenvalue weighted by Gasteiger charge is 2.26. The lowest BCUT2D eigenvalue weighted by Gasteiger charge is -2.18. The summed E-state index contributed by atoms with van der Waals surface area (Å²) in [5.41, 5.74) is -0.312. The number of fused-ring (bicyclic) bond motifs is 1. The summed E-state index contributed by atoms with van der Waals surface area (Å²) in [5.74, 6) is 1.32. The van der Waals surface area contributed by atoms with Gasteiger partial charge in [0.25, 0.3) is 0 Å². The third-order valence-electron chi connectivity index (χ3n) is 4.99. The molecule has 0 saturated heterocycles. The van der Waals surface area contributed by atoms with Gasteiger partial charge in [-0.05, 0) is 48.5 Å². The number of carbonyl (C=O) groups is 1. The number of hydrogen-bond donors (Lipinski definition) is 0. The van der Waals surface area contributed by atoms with Crippen molar-refractivity contribution in [2.75, 3.05) is 25.7 Å². The van der Waals surface area contributed by atoms with E-state index in [4.69, 9.17) is 9.47 Å². The molecule has 9 nitrogen and oxygen atoms in total. The molecule has 3 aromatic rings. The van der Waals surface area contributed by atoms with E-state index in [1.165, 1.54) is 11.7 Å². The molecular weight excluding hydrogens is 388 g/mol. The minimum absolute atomic E-state index is 0.326. The first-order valence-electron chi connectivity index (χ1n) is 9.32. The predicted octanol–water partition coefficient (Wildman–Crippen LogP) is 1.46. The maximum Gasteiger partial charge on any atom is 0.333 e. The highest BCUT2D eigenvalue weighted by molar-refractivity contribution is 5.95. The smallest absolute Gasteiger partial charge is 0.333 e. The summed E-state index contributed by atoms with van der Waals surface area (Å²) in [5, 5.41) is 4.33. The van der Waals surface area contributed by atoms with E-state index in [1.807, 2.05) is 17.0 Å². The first-order chi connectivity index (χ1) is 14.5. The molecule has 0 N–H and O–H groups in total. The van der Waals surface area contributed by atoms with Gasteiger partial charge in [0.2, 0.25) is 5.95 Å². The van der Waals surface area contributed by atoms with E-state index in [9.17, 15) is 14.4 Å². The molecule has 0 amide bonds. The van der Waals surface area contributed by atoms with E-state index in [0.717, 1.165) is 10.4 Å². The van der Waals surface area contributed by atoms with E-state index >= 15 is 0 Å². The average molecular weight is 408 g/mol. The molecule has 30 heavy (non-hydrogen) atoms. The molecule has 0 radical (unpaired) electrons. The first kappa shape index (κ1) is 19.4. The third-order valence-corrected chi connectivity index (χ3v) is 4.99. The van der Waals surface area contributed by atoms with Crippen molar-refractivity contribution in [3.63, 3.8) is 0 Å². The lowest BCUT2D eigenvalue weighted by molar-refractivity contribution is 0.0965. The fourth-order valence-electron chi connectivity index (χ4n) is 3.34. The summed E-state index contributed by atoms with van der Waals surface area (Å²) in [6, 6.07) is 13.8. The van der Waals surface area contributed by atoms with Crippen LogP contribution >= 0.6 is 0 Å². The molecule has 1 aliphatic heterocycles. The first-order valence-corrected chi connectivity index (χ1v) is 9.32. The number of benzene rings is 2. The quantitative estimate of drug-likeness (QED) is 0.450. The van der Waals surface area contributed by atoms with Crippen LogP contribution < -0.4 is 25.5 Å². The van der Waals surface area contributed by atoms with E-state index in [0.29, 0.717) is 36.1 Å². The average Bonchev–Trinajstić information content (AvgIpc) is 3.21. The standard InChI is InChI=1S/C21H20N4O5/c1-29-16-7-3-14(4-8-16)18(26)13-25-20(28)19(27)24-12-11-23(21(24)22-25)15-5-9-17(30-2)10-6-15/h3-10H,11-13H2,1-2H3. The van der Waals surface area contributed by atoms with Crippen molar-refractivity contribution in [1.29, 1.82) is 0 Å². The SMILES string of the molecule is COc1ccc(C(=O)Cn2nc3n(c(=O)c2=O)CCN3c2ccc(OC)cc2)cc1. The summed E-state index contributed by atoms with van der Waals surface area (Å²) in [6.07, 6.45) is 0. The van der Waals surface area contributed by atoms with Gasteiger partial charge in [0, 0.05) is 24.3 Å². The molecule has 0 aliphatic carbocycles. The van der Waals surface area contributed by atoms with Crippen molar-refractivity contribution < 1.29 is 14.3 Å². The van der Waals surface area contributed by atoms with Gasteiger partial charge in [0.05, 0.1) is 14.2 Å². The second-order valence-corrected chi connectivity index (χ2v) is 6.72. The summed E-state index contributed by atoms with van der Waals surface area (Å²) in [7, 11) is 3.12. The normalized spacial score (nSPS) is 12.5. The van der Waals surface area contributed by atoms with Crippen LogP contribution in [0.15, 0.2) is 58.1 Å². The maximum absolute atomic E-state index is 12.6.